The van der Waals surface area contributed by atoms with Gasteiger partial charge in [-0.05, 0) is 36.5 Å². The van der Waals surface area contributed by atoms with Crippen LogP contribution in [-0.2, 0) is 17.6 Å². The largest absolute Gasteiger partial charge is 0.378 e. The molecule has 0 saturated carbocycles. The van der Waals surface area contributed by atoms with Crippen LogP contribution in [0, 0.1) is 0 Å². The molecule has 1 saturated heterocycles. The molecule has 2 aromatic rings. The van der Waals surface area contributed by atoms with Crippen LogP contribution in [0.15, 0.2) is 36.5 Å². The fourth-order valence-electron chi connectivity index (χ4n) is 3.94. The molecule has 1 aromatic heterocycles. The number of amides is 1. The molecule has 1 fully saturated rings. The average Bonchev–Trinajstić information content (AvgIpc) is 2.73. The van der Waals surface area contributed by atoms with Gasteiger partial charge in [0.05, 0.1) is 23.8 Å². The van der Waals surface area contributed by atoms with E-state index in [9.17, 15) is 4.79 Å². The highest BCUT2D eigenvalue weighted by Crippen LogP contribution is 2.30. The molecule has 0 N–H and O–H groups in total. The molecule has 4 rings (SSSR count). The van der Waals surface area contributed by atoms with Crippen LogP contribution in [-0.4, -0.2) is 55.2 Å². The molecule has 1 aliphatic carbocycles. The van der Waals surface area contributed by atoms with Crippen molar-refractivity contribution >= 4 is 23.3 Å². The van der Waals surface area contributed by atoms with Gasteiger partial charge in [-0.25, -0.2) is 4.98 Å². The fourth-order valence-corrected chi connectivity index (χ4v) is 4.24. The van der Waals surface area contributed by atoms with Gasteiger partial charge in [0.25, 0.3) is 5.91 Å². The van der Waals surface area contributed by atoms with Crippen LogP contribution < -0.4 is 4.90 Å². The molecule has 2 aliphatic rings. The molecule has 142 valence electrons. The Labute approximate surface area is 164 Å². The predicted molar refractivity (Wildman–Crippen MR) is 107 cm³/mol. The summed E-state index contributed by atoms with van der Waals surface area (Å²) in [5.74, 6) is 0.702. The van der Waals surface area contributed by atoms with E-state index in [1.54, 1.807) is 17.2 Å². The van der Waals surface area contributed by atoms with Crippen molar-refractivity contribution in [1.82, 2.24) is 9.88 Å². The molecule has 5 nitrogen and oxygen atoms in total. The maximum absolute atomic E-state index is 12.6. The van der Waals surface area contributed by atoms with Crippen LogP contribution in [0.1, 0.15) is 27.9 Å². The number of rotatable bonds is 3. The van der Waals surface area contributed by atoms with E-state index in [-0.39, 0.29) is 5.91 Å². The van der Waals surface area contributed by atoms with Crippen LogP contribution in [0.2, 0.25) is 5.02 Å². The Hall–Kier alpha value is -2.11. The van der Waals surface area contributed by atoms with E-state index in [0.29, 0.717) is 42.9 Å². The van der Waals surface area contributed by atoms with Gasteiger partial charge in [-0.2, -0.15) is 0 Å². The summed E-state index contributed by atoms with van der Waals surface area (Å²) in [6, 6.07) is 10.7. The van der Waals surface area contributed by atoms with Gasteiger partial charge in [0.1, 0.15) is 5.82 Å². The van der Waals surface area contributed by atoms with E-state index in [0.717, 1.165) is 25.1 Å². The number of halogens is 1. The lowest BCUT2D eigenvalue weighted by Gasteiger charge is -2.34. The first kappa shape index (κ1) is 18.3. The number of aromatic nitrogens is 1. The number of ether oxygens (including phenoxy) is 1. The maximum Gasteiger partial charge on any atom is 0.255 e. The summed E-state index contributed by atoms with van der Waals surface area (Å²) in [5, 5.41) is 0.524. The van der Waals surface area contributed by atoms with Crippen molar-refractivity contribution in [2.24, 2.45) is 0 Å². The van der Waals surface area contributed by atoms with Crippen molar-refractivity contribution in [2.75, 3.05) is 38.3 Å². The summed E-state index contributed by atoms with van der Waals surface area (Å²) >= 11 is 6.53. The van der Waals surface area contributed by atoms with Crippen LogP contribution in [0.4, 0.5) is 5.82 Å². The average molecular weight is 386 g/mol. The van der Waals surface area contributed by atoms with E-state index in [1.165, 1.54) is 11.1 Å². The summed E-state index contributed by atoms with van der Waals surface area (Å²) in [4.78, 5) is 21.1. The second-order valence-corrected chi connectivity index (χ2v) is 7.62. The first-order chi connectivity index (χ1) is 13.1. The van der Waals surface area contributed by atoms with Gasteiger partial charge in [-0.1, -0.05) is 35.9 Å². The first-order valence-electron chi connectivity index (χ1n) is 9.45. The van der Waals surface area contributed by atoms with Crippen molar-refractivity contribution in [3.05, 3.63) is 58.2 Å². The minimum Gasteiger partial charge on any atom is -0.378 e. The highest BCUT2D eigenvalue weighted by atomic mass is 35.5. The van der Waals surface area contributed by atoms with E-state index in [4.69, 9.17) is 16.3 Å². The first-order valence-corrected chi connectivity index (χ1v) is 9.83. The molecule has 1 aromatic carbocycles. The lowest BCUT2D eigenvalue weighted by molar-refractivity contribution is 0.0302. The van der Waals surface area contributed by atoms with Crippen molar-refractivity contribution < 1.29 is 9.53 Å². The Morgan fingerprint density at radius 2 is 2.00 bits per heavy atom. The SMILES string of the molecule is CN(c1ncc(C(=O)N2CCOCC2)cc1Cl)C1CCc2ccccc2C1. The van der Waals surface area contributed by atoms with Gasteiger partial charge in [-0.15, -0.1) is 0 Å². The molecule has 0 radical (unpaired) electrons. The Bertz CT molecular complexity index is 836. The van der Waals surface area contributed by atoms with Gasteiger partial charge in [-0.3, -0.25) is 4.79 Å². The van der Waals surface area contributed by atoms with Gasteiger partial charge in [0.15, 0.2) is 0 Å². The molecular weight excluding hydrogens is 362 g/mol. The van der Waals surface area contributed by atoms with Crippen molar-refractivity contribution in [2.45, 2.75) is 25.3 Å². The van der Waals surface area contributed by atoms with E-state index in [2.05, 4.69) is 34.1 Å². The van der Waals surface area contributed by atoms with Crippen LogP contribution in [0.3, 0.4) is 0 Å². The second kappa shape index (κ2) is 7.87. The molecule has 1 amide bonds. The van der Waals surface area contributed by atoms with Gasteiger partial charge in [0.2, 0.25) is 0 Å². The molecule has 1 atom stereocenters. The van der Waals surface area contributed by atoms with Crippen molar-refractivity contribution in [1.29, 1.82) is 0 Å². The molecule has 0 spiro atoms. The number of morpholine rings is 1. The lowest BCUT2D eigenvalue weighted by Crippen LogP contribution is -2.41. The van der Waals surface area contributed by atoms with E-state index >= 15 is 0 Å². The minimum absolute atomic E-state index is 0.0338. The standard InChI is InChI=1S/C21H24ClN3O2/c1-24(18-7-6-15-4-2-3-5-16(15)12-18)20-19(22)13-17(14-23-20)21(26)25-8-10-27-11-9-25/h2-5,13-14,18H,6-12H2,1H3. The zero-order valence-electron chi connectivity index (χ0n) is 15.5. The summed E-state index contributed by atoms with van der Waals surface area (Å²) in [5.41, 5.74) is 3.37. The number of likely N-dealkylation sites (N-methyl/N-ethyl adjacent to an activating group) is 1. The van der Waals surface area contributed by atoms with Gasteiger partial charge >= 0.3 is 0 Å². The number of fused-ring (bicyclic) bond motifs is 1. The van der Waals surface area contributed by atoms with E-state index in [1.807, 2.05) is 7.05 Å². The monoisotopic (exact) mass is 385 g/mol. The van der Waals surface area contributed by atoms with E-state index < -0.39 is 0 Å². The third-order valence-electron chi connectivity index (χ3n) is 5.57. The van der Waals surface area contributed by atoms with Gasteiger partial charge in [0, 0.05) is 32.4 Å². The molecule has 27 heavy (non-hydrogen) atoms. The molecule has 0 bridgehead atoms. The number of aryl methyl sites for hydroxylation is 1. The Morgan fingerprint density at radius 3 is 2.74 bits per heavy atom. The summed E-state index contributed by atoms with van der Waals surface area (Å²) in [6.45, 7) is 2.38. The van der Waals surface area contributed by atoms with Crippen LogP contribution in [0.5, 0.6) is 0 Å². The molecular formula is C21H24ClN3O2. The number of nitrogens with zero attached hydrogens (tertiary/aromatic N) is 3. The number of hydrogen-bond donors (Lipinski definition) is 0. The van der Waals surface area contributed by atoms with Crippen molar-refractivity contribution in [3.63, 3.8) is 0 Å². The number of hydrogen-bond acceptors (Lipinski definition) is 4. The zero-order chi connectivity index (χ0) is 18.8. The Balaban J connectivity index is 1.50. The smallest absolute Gasteiger partial charge is 0.255 e. The Morgan fingerprint density at radius 1 is 1.26 bits per heavy atom. The number of anilines is 1. The second-order valence-electron chi connectivity index (χ2n) is 7.21. The highest BCUT2D eigenvalue weighted by Gasteiger charge is 2.25. The quantitative estimate of drug-likeness (QED) is 0.814. The molecule has 1 unspecified atom stereocenters. The summed E-state index contributed by atoms with van der Waals surface area (Å²) in [7, 11) is 2.04. The zero-order valence-corrected chi connectivity index (χ0v) is 16.3. The predicted octanol–water partition coefficient (Wildman–Crippen LogP) is 3.20. The molecule has 6 heteroatoms. The maximum atomic E-state index is 12.6. The fraction of sp³-hybridized carbons (Fsp3) is 0.429. The number of benzene rings is 1. The van der Waals surface area contributed by atoms with Crippen LogP contribution >= 0.6 is 11.6 Å². The number of carbonyl (C=O) groups excluding carboxylic acids is 1. The minimum atomic E-state index is -0.0338. The normalized spacial score (nSPS) is 19.5. The van der Waals surface area contributed by atoms with Crippen molar-refractivity contribution in [3.8, 4) is 0 Å². The highest BCUT2D eigenvalue weighted by molar-refractivity contribution is 6.33. The molecule has 1 aliphatic heterocycles. The molecule has 2 heterocycles. The third-order valence-corrected chi connectivity index (χ3v) is 5.85. The number of carbonyl (C=O) groups is 1. The van der Waals surface area contributed by atoms with Crippen LogP contribution in [0.25, 0.3) is 0 Å². The number of pyridine rings is 1. The Kier molecular flexibility index (Phi) is 5.32. The summed E-state index contributed by atoms with van der Waals surface area (Å²) in [6.07, 6.45) is 4.77. The van der Waals surface area contributed by atoms with Gasteiger partial charge < -0.3 is 14.5 Å². The topological polar surface area (TPSA) is 45.7 Å². The third kappa shape index (κ3) is 3.80. The summed E-state index contributed by atoms with van der Waals surface area (Å²) < 4.78 is 5.31. The lowest BCUT2D eigenvalue weighted by atomic mass is 9.87.